The van der Waals surface area contributed by atoms with Gasteiger partial charge in [-0.15, -0.1) is 0 Å². The maximum absolute atomic E-state index is 10.7. The van der Waals surface area contributed by atoms with Crippen LogP contribution in [0.3, 0.4) is 0 Å². The maximum Gasteiger partial charge on any atom is 0.0891 e. The van der Waals surface area contributed by atoms with Crippen LogP contribution in [0.4, 0.5) is 4.39 Å². The summed E-state index contributed by atoms with van der Waals surface area (Å²) in [7, 11) is 14.4. The molecule has 9 nitrogen and oxygen atoms in total. The second-order valence-electron chi connectivity index (χ2n) is 20.5. The van der Waals surface area contributed by atoms with Gasteiger partial charge in [-0.05, 0) is 112 Å². The average Bonchev–Trinajstić information content (AvgIpc) is 3.91. The molecule has 6 aliphatic rings. The van der Waals surface area contributed by atoms with Crippen molar-refractivity contribution in [2.45, 2.75) is 207 Å². The van der Waals surface area contributed by atoms with E-state index in [1.54, 1.807) is 6.92 Å². The zero-order valence-electron chi connectivity index (χ0n) is 50.6. The topological polar surface area (TPSA) is 89.7 Å². The van der Waals surface area contributed by atoms with Gasteiger partial charge in [-0.3, -0.25) is 4.39 Å². The fourth-order valence-corrected chi connectivity index (χ4v) is 4.14. The van der Waals surface area contributed by atoms with E-state index in [-0.39, 0.29) is 6.67 Å². The number of alkyl halides is 1. The van der Waals surface area contributed by atoms with Crippen molar-refractivity contribution in [3.05, 3.63) is 0 Å². The Morgan fingerprint density at radius 3 is 0.970 bits per heavy atom. The first-order valence-corrected chi connectivity index (χ1v) is 28.0. The SMILES string of the molecule is CC(C)C.CC1CC1.CC1CCC1.CC1CCCC1.CC1COC1.CCC.CCCC.CCCF.CCCN.CCCN(C)C.CCCO.CN(C)C.CN1CCNCC1.CN1CCOCC1. The minimum Gasteiger partial charge on any atom is -0.396 e. The van der Waals surface area contributed by atoms with Crippen LogP contribution in [-0.2, 0) is 9.47 Å². The fourth-order valence-electron chi connectivity index (χ4n) is 4.14. The molecule has 0 aromatic rings. The Balaban J connectivity index is -0.0000000939. The first kappa shape index (κ1) is 83.4. The van der Waals surface area contributed by atoms with Gasteiger partial charge in [0.25, 0.3) is 0 Å². The van der Waals surface area contributed by atoms with Crippen molar-refractivity contribution in [1.82, 2.24) is 24.9 Å². The summed E-state index contributed by atoms with van der Waals surface area (Å²) in [6, 6.07) is 0. The van der Waals surface area contributed by atoms with Gasteiger partial charge in [-0.25, -0.2) is 0 Å². The third-order valence-electron chi connectivity index (χ3n) is 9.16. The Bertz CT molecular complexity index is 663. The highest BCUT2D eigenvalue weighted by molar-refractivity contribution is 4.65. The predicted octanol–water partition coefficient (Wildman–Crippen LogP) is 13.7. The molecule has 3 saturated heterocycles. The number of hydrogen-bond donors (Lipinski definition) is 3. The zero-order chi connectivity index (χ0) is 53.5. The molecule has 0 aromatic carbocycles. The van der Waals surface area contributed by atoms with Crippen LogP contribution in [0.25, 0.3) is 0 Å². The molecule has 3 aliphatic carbocycles. The third kappa shape index (κ3) is 133. The van der Waals surface area contributed by atoms with E-state index in [9.17, 15) is 4.39 Å². The summed E-state index contributed by atoms with van der Waals surface area (Å²) in [6.45, 7) is 45.1. The number of nitrogens with one attached hydrogen (secondary N) is 1. The number of nitrogens with two attached hydrogens (primary N) is 1. The highest BCUT2D eigenvalue weighted by Crippen LogP contribution is 2.26. The summed E-state index contributed by atoms with van der Waals surface area (Å²) in [4.78, 5) is 8.78. The summed E-state index contributed by atoms with van der Waals surface area (Å²) in [6.07, 6.45) is 21.1. The molecule has 0 radical (unpaired) electrons. The van der Waals surface area contributed by atoms with Gasteiger partial charge in [0.2, 0.25) is 0 Å². The maximum atomic E-state index is 10.7. The van der Waals surface area contributed by atoms with Crippen molar-refractivity contribution in [2.24, 2.45) is 35.3 Å². The number of likely N-dealkylation sites (N-methyl/N-ethyl adjacent to an activating group) is 2. The lowest BCUT2D eigenvalue weighted by atomic mass is 9.88. The quantitative estimate of drug-likeness (QED) is 0.241. The molecule has 3 saturated carbocycles. The third-order valence-corrected chi connectivity index (χ3v) is 9.16. The fraction of sp³-hybridized carbons (Fsp3) is 1.00. The van der Waals surface area contributed by atoms with Gasteiger partial charge in [0.1, 0.15) is 0 Å². The van der Waals surface area contributed by atoms with Crippen molar-refractivity contribution in [3.63, 3.8) is 0 Å². The first-order valence-electron chi connectivity index (χ1n) is 28.0. The van der Waals surface area contributed by atoms with Crippen molar-refractivity contribution in [3.8, 4) is 0 Å². The second kappa shape index (κ2) is 77.0. The molecular formula is C57H135FN6O3. The summed E-state index contributed by atoms with van der Waals surface area (Å²) in [5.41, 5.74) is 5.03. The Morgan fingerprint density at radius 1 is 0.582 bits per heavy atom. The number of ether oxygens (including phenoxy) is 2. The van der Waals surface area contributed by atoms with E-state index >= 15 is 0 Å². The lowest BCUT2D eigenvalue weighted by Crippen LogP contribution is -2.40. The normalized spacial score (nSPS) is 17.0. The number of aliphatic hydroxyl groups excluding tert-OH is 1. The van der Waals surface area contributed by atoms with Gasteiger partial charge in [-0.1, -0.05) is 181 Å². The molecule has 10 heteroatoms. The number of halogens is 1. The van der Waals surface area contributed by atoms with E-state index in [0.29, 0.717) is 13.0 Å². The van der Waals surface area contributed by atoms with Gasteiger partial charge >= 0.3 is 0 Å². The molecule has 418 valence electrons. The van der Waals surface area contributed by atoms with E-state index in [4.69, 9.17) is 20.3 Å². The van der Waals surface area contributed by atoms with Crippen molar-refractivity contribution in [2.75, 3.05) is 141 Å². The summed E-state index contributed by atoms with van der Waals surface area (Å²) < 4.78 is 20.7. The van der Waals surface area contributed by atoms with Gasteiger partial charge in [-0.2, -0.15) is 0 Å². The Labute approximate surface area is 425 Å². The number of nitrogens with zero attached hydrogens (tertiary/aromatic N) is 4. The van der Waals surface area contributed by atoms with Crippen molar-refractivity contribution in [1.29, 1.82) is 0 Å². The summed E-state index contributed by atoms with van der Waals surface area (Å²) in [5.74, 6) is 4.87. The smallest absolute Gasteiger partial charge is 0.0891 e. The van der Waals surface area contributed by atoms with Crippen LogP contribution in [0.15, 0.2) is 0 Å². The van der Waals surface area contributed by atoms with Gasteiger partial charge in [0.05, 0.1) is 33.1 Å². The highest BCUT2D eigenvalue weighted by Gasteiger charge is 2.13. The minimum absolute atomic E-state index is 0.181. The second-order valence-corrected chi connectivity index (χ2v) is 20.5. The predicted molar refractivity (Wildman–Crippen MR) is 306 cm³/mol. The standard InChI is InChI=1S/C6H12.C5H12N2.C5H11NO.C5H13N.C5H10.C4H8O.C4H8.2C4H10.C3H7F.2C3H9N.C3H8O.C3H8/c1-6-4-2-3-5-6;1-7-4-2-6-3-5-7;1-6-2-4-7-5-3-6;1-4-5-6(2)3;1-5-3-2-4-5;1-4-2-5-3-4;1-4-2-3-4;1-4(2)3;1-3-4-2;1-2-3-4;1-4(2)3;2*1-2-3-4;1-3-2/h6H,2-5H2,1H3;6H,2-5H2,1H3;2-5H2,1H3;4-5H2,1-3H3;5H,2-4H2,1H3;4H,2-3H2,1H3;4H,2-3H2,1H3;4H,1-3H3;3-4H2,1-2H3;2-3H2,1H3;1-3H3;2-4H2,1H3;4H,2-3H2,1H3;3H2,1-2H3. The number of morpholine rings is 1. The van der Waals surface area contributed by atoms with E-state index in [1.165, 1.54) is 103 Å². The molecule has 6 rings (SSSR count). The van der Waals surface area contributed by atoms with Crippen LogP contribution >= 0.6 is 0 Å². The molecular weight excluding hydrogens is 836 g/mol. The average molecular weight is 972 g/mol. The summed E-state index contributed by atoms with van der Waals surface area (Å²) >= 11 is 0. The molecule has 67 heavy (non-hydrogen) atoms. The van der Waals surface area contributed by atoms with E-state index in [1.807, 2.05) is 33.0 Å². The molecule has 6 fully saturated rings. The molecule has 0 bridgehead atoms. The van der Waals surface area contributed by atoms with Crippen LogP contribution in [0.2, 0.25) is 0 Å². The van der Waals surface area contributed by atoms with Crippen LogP contribution < -0.4 is 11.1 Å². The van der Waals surface area contributed by atoms with Crippen LogP contribution in [0.5, 0.6) is 0 Å². The minimum atomic E-state index is -0.181. The molecule has 0 amide bonds. The highest BCUT2D eigenvalue weighted by atomic mass is 19.1. The van der Waals surface area contributed by atoms with Crippen molar-refractivity contribution >= 4 is 0 Å². The number of piperazine rings is 1. The molecule has 0 unspecified atom stereocenters. The first-order chi connectivity index (χ1) is 31.7. The van der Waals surface area contributed by atoms with Crippen LogP contribution in [0.1, 0.15) is 207 Å². The molecule has 0 atom stereocenters. The molecule has 3 heterocycles. The molecule has 0 spiro atoms. The Hall–Kier alpha value is -0.430. The number of hydrogen-bond acceptors (Lipinski definition) is 9. The number of rotatable bonds is 6. The molecule has 3 aliphatic heterocycles. The van der Waals surface area contributed by atoms with Gasteiger partial charge in [0, 0.05) is 51.8 Å². The lowest BCUT2D eigenvalue weighted by Gasteiger charge is -2.21. The zero-order valence-corrected chi connectivity index (χ0v) is 50.6. The van der Waals surface area contributed by atoms with E-state index in [0.717, 1.165) is 102 Å². The number of unbranched alkanes of at least 4 members (excludes halogenated alkanes) is 1. The van der Waals surface area contributed by atoms with Gasteiger partial charge in [0.15, 0.2) is 0 Å². The Kier molecular flexibility index (Phi) is 95.9. The Morgan fingerprint density at radius 2 is 0.896 bits per heavy atom. The monoisotopic (exact) mass is 971 g/mol. The number of aliphatic hydroxyl groups is 1. The van der Waals surface area contributed by atoms with Gasteiger partial charge < -0.3 is 45.2 Å². The van der Waals surface area contributed by atoms with E-state index < -0.39 is 0 Å². The van der Waals surface area contributed by atoms with Crippen molar-refractivity contribution < 1.29 is 19.0 Å². The van der Waals surface area contributed by atoms with Crippen LogP contribution in [0, 0.1) is 29.6 Å². The summed E-state index contributed by atoms with van der Waals surface area (Å²) in [5, 5.41) is 11.1. The molecule has 0 aromatic heterocycles. The molecule has 4 N–H and O–H groups in total. The van der Waals surface area contributed by atoms with E-state index in [2.05, 4.69) is 138 Å². The lowest BCUT2D eigenvalue weighted by molar-refractivity contribution is -0.0221. The van der Waals surface area contributed by atoms with Crippen LogP contribution in [-0.4, -0.2) is 166 Å². The largest absolute Gasteiger partial charge is 0.396 e.